The molecule has 0 aliphatic carbocycles. The molecule has 0 N–H and O–H groups in total. The Morgan fingerprint density at radius 2 is 1.97 bits per heavy atom. The number of anilines is 1. The van der Waals surface area contributed by atoms with Gasteiger partial charge in [-0.3, -0.25) is 9.69 Å². The highest BCUT2D eigenvalue weighted by molar-refractivity contribution is 7.89. The predicted octanol–water partition coefficient (Wildman–Crippen LogP) is 2.75. The summed E-state index contributed by atoms with van der Waals surface area (Å²) >= 11 is 0. The second-order valence-electron chi connectivity index (χ2n) is 8.50. The molecule has 1 aromatic carbocycles. The highest BCUT2D eigenvalue weighted by atomic mass is 32.2. The van der Waals surface area contributed by atoms with Gasteiger partial charge in [0.15, 0.2) is 0 Å². The van der Waals surface area contributed by atoms with Crippen molar-refractivity contribution < 1.29 is 13.2 Å². The van der Waals surface area contributed by atoms with Gasteiger partial charge in [0, 0.05) is 43.2 Å². The zero-order valence-corrected chi connectivity index (χ0v) is 19.3. The normalized spacial score (nSPS) is 19.6. The van der Waals surface area contributed by atoms with Gasteiger partial charge in [-0.2, -0.15) is 0 Å². The van der Waals surface area contributed by atoms with Crippen molar-refractivity contribution in [2.75, 3.05) is 30.3 Å². The zero-order chi connectivity index (χ0) is 22.2. The first kappa shape index (κ1) is 21.9. The molecule has 0 saturated carbocycles. The number of hydrogen-bond donors (Lipinski definition) is 0. The summed E-state index contributed by atoms with van der Waals surface area (Å²) in [6, 6.07) is 8.34. The molecule has 2 aliphatic rings. The number of fused-ring (bicyclic) bond motifs is 1. The monoisotopic (exact) mass is 442 g/mol. The van der Waals surface area contributed by atoms with Crippen LogP contribution in [0.15, 0.2) is 24.3 Å². The van der Waals surface area contributed by atoms with Crippen molar-refractivity contribution in [3.05, 3.63) is 52.5 Å². The van der Waals surface area contributed by atoms with Gasteiger partial charge >= 0.3 is 0 Å². The lowest BCUT2D eigenvalue weighted by Crippen LogP contribution is -2.38. The Morgan fingerprint density at radius 1 is 1.16 bits per heavy atom. The molecule has 2 aliphatic heterocycles. The Labute approximate surface area is 184 Å². The largest absolute Gasteiger partial charge is 0.296 e. The summed E-state index contributed by atoms with van der Waals surface area (Å²) in [5, 5.41) is 0. The number of sulfonamides is 1. The number of carbonyl (C=O) groups excluding carboxylic acids is 1. The third-order valence-corrected chi connectivity index (χ3v) is 8.18. The van der Waals surface area contributed by atoms with E-state index in [1.54, 1.807) is 11.8 Å². The van der Waals surface area contributed by atoms with Crippen molar-refractivity contribution in [1.82, 2.24) is 14.3 Å². The topological polar surface area (TPSA) is 83.5 Å². The predicted molar refractivity (Wildman–Crippen MR) is 121 cm³/mol. The first-order valence-electron chi connectivity index (χ1n) is 11.0. The quantitative estimate of drug-likeness (QED) is 0.687. The van der Waals surface area contributed by atoms with Crippen LogP contribution in [0.25, 0.3) is 0 Å². The highest BCUT2D eigenvalue weighted by Gasteiger charge is 2.34. The lowest BCUT2D eigenvalue weighted by molar-refractivity contribution is -0.118. The van der Waals surface area contributed by atoms with Crippen LogP contribution in [0, 0.1) is 13.8 Å². The van der Waals surface area contributed by atoms with E-state index in [2.05, 4.69) is 25.1 Å². The summed E-state index contributed by atoms with van der Waals surface area (Å²) in [5.74, 6) is 1.51. The van der Waals surface area contributed by atoms with Crippen molar-refractivity contribution in [3.8, 4) is 0 Å². The molecule has 2 aromatic rings. The summed E-state index contributed by atoms with van der Waals surface area (Å²) in [4.78, 5) is 24.2. The average Bonchev–Trinajstić information content (AvgIpc) is 3.24. The van der Waals surface area contributed by atoms with Gasteiger partial charge in [-0.05, 0) is 45.6 Å². The Hall–Kier alpha value is -2.32. The number of amides is 1. The Morgan fingerprint density at radius 3 is 2.71 bits per heavy atom. The van der Waals surface area contributed by atoms with Gasteiger partial charge < -0.3 is 0 Å². The molecule has 0 radical (unpaired) electrons. The number of benzene rings is 1. The maximum absolute atomic E-state index is 12.8. The lowest BCUT2D eigenvalue weighted by Gasteiger charge is -2.30. The van der Waals surface area contributed by atoms with Gasteiger partial charge in [0.25, 0.3) is 0 Å². The van der Waals surface area contributed by atoms with E-state index in [0.29, 0.717) is 50.5 Å². The van der Waals surface area contributed by atoms with Gasteiger partial charge in [-0.25, -0.2) is 22.7 Å². The molecule has 1 saturated heterocycles. The molecular formula is C23H30N4O3S. The minimum Gasteiger partial charge on any atom is -0.296 e. The van der Waals surface area contributed by atoms with Crippen molar-refractivity contribution >= 4 is 21.7 Å². The number of carbonyl (C=O) groups is 1. The number of nitrogens with zero attached hydrogens (tertiary/aromatic N) is 4. The molecule has 7 nitrogen and oxygen atoms in total. The van der Waals surface area contributed by atoms with E-state index in [9.17, 15) is 13.2 Å². The maximum atomic E-state index is 12.8. The summed E-state index contributed by atoms with van der Waals surface area (Å²) in [7, 11) is -3.22. The van der Waals surface area contributed by atoms with Crippen LogP contribution in [0.2, 0.25) is 0 Å². The fraction of sp³-hybridized carbons (Fsp3) is 0.522. The van der Waals surface area contributed by atoms with E-state index < -0.39 is 10.0 Å². The van der Waals surface area contributed by atoms with Gasteiger partial charge in [0.2, 0.25) is 15.9 Å². The minimum absolute atomic E-state index is 0.0408. The van der Waals surface area contributed by atoms with Crippen molar-refractivity contribution in [3.63, 3.8) is 0 Å². The van der Waals surface area contributed by atoms with Crippen molar-refractivity contribution in [1.29, 1.82) is 0 Å². The fourth-order valence-electron chi connectivity index (χ4n) is 4.50. The first-order valence-corrected chi connectivity index (χ1v) is 12.6. The SMILES string of the molecule is CCS(=O)(=O)N1CC[C@@H](c2nc(C)c3c(n2)N(CCc2cccc(C)c2)C(=O)CC3)C1. The second-order valence-corrected chi connectivity index (χ2v) is 10.8. The first-order chi connectivity index (χ1) is 14.8. The Kier molecular flexibility index (Phi) is 6.12. The number of rotatable bonds is 6. The Balaban J connectivity index is 1.60. The summed E-state index contributed by atoms with van der Waals surface area (Å²) in [6.07, 6.45) is 2.59. The fourth-order valence-corrected chi connectivity index (χ4v) is 5.65. The van der Waals surface area contributed by atoms with Crippen LogP contribution in [0.5, 0.6) is 0 Å². The van der Waals surface area contributed by atoms with E-state index in [1.165, 1.54) is 15.4 Å². The zero-order valence-electron chi connectivity index (χ0n) is 18.5. The molecule has 0 spiro atoms. The van der Waals surface area contributed by atoms with E-state index in [4.69, 9.17) is 9.97 Å². The summed E-state index contributed by atoms with van der Waals surface area (Å²) < 4.78 is 26.0. The van der Waals surface area contributed by atoms with E-state index in [1.807, 2.05) is 13.0 Å². The van der Waals surface area contributed by atoms with Crippen LogP contribution in [0.3, 0.4) is 0 Å². The maximum Gasteiger partial charge on any atom is 0.228 e. The molecule has 166 valence electrons. The third-order valence-electron chi connectivity index (χ3n) is 6.34. The van der Waals surface area contributed by atoms with Crippen LogP contribution in [0.1, 0.15) is 53.9 Å². The summed E-state index contributed by atoms with van der Waals surface area (Å²) in [5.41, 5.74) is 4.33. The van der Waals surface area contributed by atoms with Crippen LogP contribution in [-0.2, 0) is 27.7 Å². The molecule has 1 amide bonds. The van der Waals surface area contributed by atoms with Gasteiger partial charge in [0.1, 0.15) is 11.6 Å². The number of aromatic nitrogens is 2. The minimum atomic E-state index is -3.22. The van der Waals surface area contributed by atoms with E-state index >= 15 is 0 Å². The van der Waals surface area contributed by atoms with Crippen LogP contribution in [-0.4, -0.2) is 54.0 Å². The molecule has 1 atom stereocenters. The van der Waals surface area contributed by atoms with Crippen LogP contribution in [0.4, 0.5) is 5.82 Å². The number of hydrogen-bond acceptors (Lipinski definition) is 5. The highest BCUT2D eigenvalue weighted by Crippen LogP contribution is 2.33. The molecule has 1 aromatic heterocycles. The molecule has 3 heterocycles. The van der Waals surface area contributed by atoms with Crippen LogP contribution < -0.4 is 4.90 Å². The van der Waals surface area contributed by atoms with Crippen molar-refractivity contribution in [2.24, 2.45) is 0 Å². The lowest BCUT2D eigenvalue weighted by atomic mass is 10.0. The molecule has 8 heteroatoms. The second kappa shape index (κ2) is 8.67. The third kappa shape index (κ3) is 4.50. The molecule has 1 fully saturated rings. The van der Waals surface area contributed by atoms with E-state index in [0.717, 1.165) is 17.7 Å². The molecule has 0 bridgehead atoms. The molecule has 4 rings (SSSR count). The van der Waals surface area contributed by atoms with Gasteiger partial charge in [-0.15, -0.1) is 0 Å². The van der Waals surface area contributed by atoms with Gasteiger partial charge in [-0.1, -0.05) is 29.8 Å². The average molecular weight is 443 g/mol. The van der Waals surface area contributed by atoms with E-state index in [-0.39, 0.29) is 17.6 Å². The molecule has 0 unspecified atom stereocenters. The molecule has 31 heavy (non-hydrogen) atoms. The number of aryl methyl sites for hydroxylation is 2. The van der Waals surface area contributed by atoms with Gasteiger partial charge in [0.05, 0.1) is 5.75 Å². The standard InChI is InChI=1S/C23H30N4O3S/c1-4-31(29,30)26-12-11-19(15-26)22-24-17(3)20-8-9-21(28)27(23(20)25-22)13-10-18-7-5-6-16(2)14-18/h5-7,14,19H,4,8-13,15H2,1-3H3/t19-/m1/s1. The van der Waals surface area contributed by atoms with Crippen molar-refractivity contribution in [2.45, 2.75) is 52.4 Å². The smallest absolute Gasteiger partial charge is 0.228 e. The Bertz CT molecular complexity index is 1100. The van der Waals surface area contributed by atoms with Crippen LogP contribution >= 0.6 is 0 Å². The molecular weight excluding hydrogens is 412 g/mol. The summed E-state index contributed by atoms with van der Waals surface area (Å²) in [6.45, 7) is 7.18.